The van der Waals surface area contributed by atoms with Crippen molar-refractivity contribution in [2.24, 2.45) is 5.92 Å². The van der Waals surface area contributed by atoms with E-state index in [4.69, 9.17) is 4.74 Å². The van der Waals surface area contributed by atoms with Crippen LogP contribution in [0.4, 0.5) is 4.39 Å². The Hall–Kier alpha value is -1.09. The van der Waals surface area contributed by atoms with Crippen LogP contribution in [0.15, 0.2) is 18.2 Å². The van der Waals surface area contributed by atoms with Crippen molar-refractivity contribution in [2.75, 3.05) is 13.1 Å². The average Bonchev–Trinajstić information content (AvgIpc) is 2.76. The first-order chi connectivity index (χ1) is 8.72. The lowest BCUT2D eigenvalue weighted by atomic mass is 10.0. The Morgan fingerprint density at radius 3 is 2.89 bits per heavy atom. The smallest absolute Gasteiger partial charge is 0.123 e. The molecular weight excluding hydrogens is 229 g/mol. The molecule has 1 aromatic carbocycles. The van der Waals surface area contributed by atoms with Crippen LogP contribution >= 0.6 is 0 Å². The lowest BCUT2D eigenvalue weighted by molar-refractivity contribution is 0.224. The zero-order valence-corrected chi connectivity index (χ0v) is 11.2. The summed E-state index contributed by atoms with van der Waals surface area (Å²) in [5.41, 5.74) is 0.990. The zero-order valence-electron chi connectivity index (χ0n) is 11.2. The number of nitrogens with one attached hydrogen (secondary N) is 1. The third-order valence-corrected chi connectivity index (χ3v) is 3.72. The van der Waals surface area contributed by atoms with E-state index < -0.39 is 0 Å². The SMILES string of the molecule is CCC(CC)CNCC1Cc2cc(F)ccc2O1. The van der Waals surface area contributed by atoms with E-state index in [0.717, 1.165) is 36.7 Å². The average molecular weight is 251 g/mol. The molecule has 1 N–H and O–H groups in total. The summed E-state index contributed by atoms with van der Waals surface area (Å²) < 4.78 is 18.8. The number of halogens is 1. The second-order valence-corrected chi connectivity index (χ2v) is 5.04. The molecule has 1 atom stereocenters. The third-order valence-electron chi connectivity index (χ3n) is 3.72. The van der Waals surface area contributed by atoms with Crippen LogP contribution in [-0.2, 0) is 6.42 Å². The molecule has 0 radical (unpaired) electrons. The summed E-state index contributed by atoms with van der Waals surface area (Å²) >= 11 is 0. The van der Waals surface area contributed by atoms with Gasteiger partial charge < -0.3 is 10.1 Å². The molecule has 0 aliphatic carbocycles. The number of benzene rings is 1. The van der Waals surface area contributed by atoms with E-state index in [1.165, 1.54) is 18.9 Å². The molecular formula is C15H22FNO. The summed E-state index contributed by atoms with van der Waals surface area (Å²) in [4.78, 5) is 0. The van der Waals surface area contributed by atoms with E-state index in [-0.39, 0.29) is 11.9 Å². The number of hydrogen-bond acceptors (Lipinski definition) is 2. The first kappa shape index (κ1) is 13.3. The second-order valence-electron chi connectivity index (χ2n) is 5.04. The van der Waals surface area contributed by atoms with Gasteiger partial charge in [-0.15, -0.1) is 0 Å². The molecule has 0 aromatic heterocycles. The fourth-order valence-corrected chi connectivity index (χ4v) is 2.43. The normalized spacial score (nSPS) is 17.9. The van der Waals surface area contributed by atoms with Gasteiger partial charge in [-0.25, -0.2) is 4.39 Å². The summed E-state index contributed by atoms with van der Waals surface area (Å²) in [7, 11) is 0. The number of fused-ring (bicyclic) bond motifs is 1. The minimum Gasteiger partial charge on any atom is -0.488 e. The van der Waals surface area contributed by atoms with E-state index in [9.17, 15) is 4.39 Å². The summed E-state index contributed by atoms with van der Waals surface area (Å²) in [5.74, 6) is 1.40. The fraction of sp³-hybridized carbons (Fsp3) is 0.600. The molecule has 0 saturated carbocycles. The molecule has 100 valence electrons. The van der Waals surface area contributed by atoms with E-state index in [1.54, 1.807) is 12.1 Å². The number of rotatable bonds is 6. The van der Waals surface area contributed by atoms with Crippen molar-refractivity contribution >= 4 is 0 Å². The van der Waals surface area contributed by atoms with Crippen molar-refractivity contribution in [3.63, 3.8) is 0 Å². The molecule has 0 spiro atoms. The van der Waals surface area contributed by atoms with Crippen molar-refractivity contribution in [2.45, 2.75) is 39.2 Å². The van der Waals surface area contributed by atoms with Crippen molar-refractivity contribution in [1.82, 2.24) is 5.32 Å². The highest BCUT2D eigenvalue weighted by Gasteiger charge is 2.22. The van der Waals surface area contributed by atoms with Crippen molar-refractivity contribution < 1.29 is 9.13 Å². The molecule has 0 fully saturated rings. The van der Waals surface area contributed by atoms with Crippen LogP contribution in [0.25, 0.3) is 0 Å². The van der Waals surface area contributed by atoms with E-state index in [1.807, 2.05) is 0 Å². The summed E-state index contributed by atoms with van der Waals surface area (Å²) in [6.07, 6.45) is 3.38. The number of ether oxygens (including phenoxy) is 1. The standard InChI is InChI=1S/C15H22FNO/c1-3-11(4-2)9-17-10-14-8-12-7-13(16)5-6-15(12)18-14/h5-7,11,14,17H,3-4,8-10H2,1-2H3. The van der Waals surface area contributed by atoms with E-state index in [0.29, 0.717) is 0 Å². The highest BCUT2D eigenvalue weighted by atomic mass is 19.1. The van der Waals surface area contributed by atoms with Crippen molar-refractivity contribution in [3.8, 4) is 5.75 Å². The van der Waals surface area contributed by atoms with Crippen LogP contribution in [0.3, 0.4) is 0 Å². The molecule has 1 aliphatic rings. The van der Waals surface area contributed by atoms with Crippen molar-refractivity contribution in [1.29, 1.82) is 0 Å². The van der Waals surface area contributed by atoms with Crippen LogP contribution in [-0.4, -0.2) is 19.2 Å². The lowest BCUT2D eigenvalue weighted by Crippen LogP contribution is -2.33. The Bertz CT molecular complexity index is 390. The molecule has 0 bridgehead atoms. The molecule has 1 unspecified atom stereocenters. The summed E-state index contributed by atoms with van der Waals surface area (Å²) in [6, 6.07) is 4.76. The van der Waals surface area contributed by atoms with Crippen LogP contribution < -0.4 is 10.1 Å². The van der Waals surface area contributed by atoms with Gasteiger partial charge in [-0.2, -0.15) is 0 Å². The van der Waals surface area contributed by atoms with Gasteiger partial charge in [0.25, 0.3) is 0 Å². The van der Waals surface area contributed by atoms with Gasteiger partial charge in [0.1, 0.15) is 17.7 Å². The zero-order chi connectivity index (χ0) is 13.0. The van der Waals surface area contributed by atoms with Gasteiger partial charge in [-0.05, 0) is 30.7 Å². The maximum atomic E-state index is 13.1. The minimum absolute atomic E-state index is 0.149. The minimum atomic E-state index is -0.178. The predicted molar refractivity (Wildman–Crippen MR) is 71.5 cm³/mol. The first-order valence-electron chi connectivity index (χ1n) is 6.88. The lowest BCUT2D eigenvalue weighted by Gasteiger charge is -2.16. The van der Waals surface area contributed by atoms with Crippen LogP contribution in [0.1, 0.15) is 32.3 Å². The Morgan fingerprint density at radius 2 is 2.17 bits per heavy atom. The van der Waals surface area contributed by atoms with E-state index >= 15 is 0 Å². The maximum Gasteiger partial charge on any atom is 0.123 e. The van der Waals surface area contributed by atoms with Gasteiger partial charge in [-0.3, -0.25) is 0 Å². The molecule has 1 aliphatic heterocycles. The summed E-state index contributed by atoms with van der Waals surface area (Å²) in [6.45, 7) is 6.32. The first-order valence-corrected chi connectivity index (χ1v) is 6.88. The molecule has 3 heteroatoms. The van der Waals surface area contributed by atoms with Crippen LogP contribution in [0.2, 0.25) is 0 Å². The Balaban J connectivity index is 1.78. The van der Waals surface area contributed by atoms with Crippen LogP contribution in [0.5, 0.6) is 5.75 Å². The molecule has 18 heavy (non-hydrogen) atoms. The van der Waals surface area contributed by atoms with Gasteiger partial charge in [-0.1, -0.05) is 26.7 Å². The molecule has 0 saturated heterocycles. The Labute approximate surface area is 109 Å². The van der Waals surface area contributed by atoms with E-state index in [2.05, 4.69) is 19.2 Å². The monoisotopic (exact) mass is 251 g/mol. The van der Waals surface area contributed by atoms with Gasteiger partial charge in [0, 0.05) is 18.5 Å². The molecule has 1 heterocycles. The molecule has 2 rings (SSSR count). The third kappa shape index (κ3) is 3.22. The highest BCUT2D eigenvalue weighted by molar-refractivity contribution is 5.37. The van der Waals surface area contributed by atoms with Crippen LogP contribution in [0, 0.1) is 11.7 Å². The Kier molecular flexibility index (Phi) is 4.59. The predicted octanol–water partition coefficient (Wildman–Crippen LogP) is 3.16. The van der Waals surface area contributed by atoms with Gasteiger partial charge >= 0.3 is 0 Å². The highest BCUT2D eigenvalue weighted by Crippen LogP contribution is 2.28. The largest absolute Gasteiger partial charge is 0.488 e. The second kappa shape index (κ2) is 6.19. The summed E-state index contributed by atoms with van der Waals surface area (Å²) in [5, 5.41) is 3.46. The van der Waals surface area contributed by atoms with Gasteiger partial charge in [0.05, 0.1) is 0 Å². The number of hydrogen-bond donors (Lipinski definition) is 1. The van der Waals surface area contributed by atoms with Crippen molar-refractivity contribution in [3.05, 3.63) is 29.6 Å². The topological polar surface area (TPSA) is 21.3 Å². The fourth-order valence-electron chi connectivity index (χ4n) is 2.43. The molecule has 2 nitrogen and oxygen atoms in total. The Morgan fingerprint density at radius 1 is 1.39 bits per heavy atom. The quantitative estimate of drug-likeness (QED) is 0.838. The maximum absolute atomic E-state index is 13.1. The van der Waals surface area contributed by atoms with Gasteiger partial charge in [0.15, 0.2) is 0 Å². The molecule has 1 aromatic rings. The molecule has 0 amide bonds. The van der Waals surface area contributed by atoms with Gasteiger partial charge in [0.2, 0.25) is 0 Å².